The van der Waals surface area contributed by atoms with Gasteiger partial charge in [-0.1, -0.05) is 6.07 Å². The van der Waals surface area contributed by atoms with E-state index < -0.39 is 0 Å². The Hall–Kier alpha value is -3.68. The molecule has 4 aromatic heterocycles. The first-order chi connectivity index (χ1) is 13.8. The molecule has 0 aliphatic heterocycles. The molecule has 0 spiro atoms. The van der Waals surface area contributed by atoms with Crippen molar-refractivity contribution in [1.29, 1.82) is 0 Å². The molecule has 0 atom stereocenters. The summed E-state index contributed by atoms with van der Waals surface area (Å²) >= 11 is 0. The Morgan fingerprint density at radius 3 is 2.93 bits per heavy atom. The standard InChI is InChI=1S/C20H16N6O2/c1-27-19-14-10-12(2-5-15(14)21-11-22-19)18-17(23-20-25(18)8-9-28-20)16-6-7-26(24-16)13-3-4-13/h2,5-11,13H,3-4H2,1H3. The van der Waals surface area contributed by atoms with Crippen molar-refractivity contribution in [2.24, 2.45) is 0 Å². The van der Waals surface area contributed by atoms with E-state index in [0.29, 0.717) is 17.8 Å². The molecular weight excluding hydrogens is 356 g/mol. The highest BCUT2D eigenvalue weighted by molar-refractivity contribution is 5.90. The normalized spacial score (nSPS) is 14.2. The molecule has 4 heterocycles. The second-order valence-corrected chi connectivity index (χ2v) is 6.89. The molecule has 0 N–H and O–H groups in total. The average molecular weight is 372 g/mol. The van der Waals surface area contributed by atoms with E-state index >= 15 is 0 Å². The van der Waals surface area contributed by atoms with E-state index in [0.717, 1.165) is 33.5 Å². The van der Waals surface area contributed by atoms with Crippen LogP contribution < -0.4 is 4.74 Å². The Bertz CT molecular complexity index is 1330. The fourth-order valence-corrected chi connectivity index (χ4v) is 3.59. The summed E-state index contributed by atoms with van der Waals surface area (Å²) in [6.07, 6.45) is 9.39. The molecule has 1 aliphatic carbocycles. The number of hydrogen-bond acceptors (Lipinski definition) is 6. The van der Waals surface area contributed by atoms with Crippen LogP contribution in [0, 0.1) is 0 Å². The molecule has 28 heavy (non-hydrogen) atoms. The number of hydrogen-bond donors (Lipinski definition) is 0. The van der Waals surface area contributed by atoms with Gasteiger partial charge in [0.15, 0.2) is 0 Å². The molecule has 138 valence electrons. The van der Waals surface area contributed by atoms with Gasteiger partial charge in [0.2, 0.25) is 5.88 Å². The van der Waals surface area contributed by atoms with Crippen molar-refractivity contribution in [2.45, 2.75) is 18.9 Å². The number of fused-ring (bicyclic) bond motifs is 2. The van der Waals surface area contributed by atoms with Crippen molar-refractivity contribution >= 4 is 16.7 Å². The first-order valence-corrected chi connectivity index (χ1v) is 9.12. The zero-order chi connectivity index (χ0) is 18.7. The van der Waals surface area contributed by atoms with Gasteiger partial charge >= 0.3 is 5.84 Å². The predicted octanol–water partition coefficient (Wildman–Crippen LogP) is 3.74. The van der Waals surface area contributed by atoms with E-state index in [-0.39, 0.29) is 0 Å². The number of imidazole rings is 1. The van der Waals surface area contributed by atoms with E-state index in [2.05, 4.69) is 9.97 Å². The van der Waals surface area contributed by atoms with E-state index in [1.165, 1.54) is 19.2 Å². The van der Waals surface area contributed by atoms with E-state index in [1.807, 2.05) is 45.7 Å². The number of rotatable bonds is 4. The smallest absolute Gasteiger partial charge is 0.306 e. The van der Waals surface area contributed by atoms with Gasteiger partial charge < -0.3 is 9.15 Å². The van der Waals surface area contributed by atoms with Crippen LogP contribution in [0.15, 0.2) is 53.7 Å². The lowest BCUT2D eigenvalue weighted by atomic mass is 10.1. The van der Waals surface area contributed by atoms with Crippen molar-refractivity contribution in [2.75, 3.05) is 7.11 Å². The van der Waals surface area contributed by atoms with Gasteiger partial charge in [-0.2, -0.15) is 10.1 Å². The largest absolute Gasteiger partial charge is 0.480 e. The SMILES string of the molecule is COc1ncnc2ccc(-c3c(-c4ccn(C5CC5)n4)nc4occn34)cc12. The van der Waals surface area contributed by atoms with Gasteiger partial charge in [-0.05, 0) is 31.0 Å². The molecule has 8 nitrogen and oxygen atoms in total. The minimum absolute atomic E-state index is 0.518. The second kappa shape index (κ2) is 5.66. The van der Waals surface area contributed by atoms with Gasteiger partial charge in [-0.25, -0.2) is 9.97 Å². The van der Waals surface area contributed by atoms with Crippen LogP contribution in [0.1, 0.15) is 18.9 Å². The van der Waals surface area contributed by atoms with Gasteiger partial charge in [0.05, 0.1) is 29.7 Å². The molecule has 1 fully saturated rings. The van der Waals surface area contributed by atoms with Gasteiger partial charge in [0.1, 0.15) is 24.0 Å². The fraction of sp³-hybridized carbons (Fsp3) is 0.200. The minimum Gasteiger partial charge on any atom is -0.480 e. The van der Waals surface area contributed by atoms with Gasteiger partial charge in [0.25, 0.3) is 0 Å². The highest BCUT2D eigenvalue weighted by atomic mass is 16.5. The number of ether oxygens (including phenoxy) is 1. The predicted molar refractivity (Wildman–Crippen MR) is 102 cm³/mol. The van der Waals surface area contributed by atoms with Crippen LogP contribution >= 0.6 is 0 Å². The van der Waals surface area contributed by atoms with Crippen molar-refractivity contribution in [3.05, 3.63) is 49.2 Å². The summed E-state index contributed by atoms with van der Waals surface area (Å²) in [6, 6.07) is 8.53. The van der Waals surface area contributed by atoms with E-state index in [9.17, 15) is 0 Å². The van der Waals surface area contributed by atoms with E-state index in [4.69, 9.17) is 19.2 Å². The average Bonchev–Trinajstić information content (AvgIpc) is 3.13. The Morgan fingerprint density at radius 2 is 2.07 bits per heavy atom. The first-order valence-electron chi connectivity index (χ1n) is 9.12. The lowest BCUT2D eigenvalue weighted by Crippen LogP contribution is -1.95. The topological polar surface area (TPSA) is 83.3 Å². The molecule has 0 amide bonds. The van der Waals surface area contributed by atoms with Crippen LogP contribution in [-0.4, -0.2) is 36.2 Å². The van der Waals surface area contributed by atoms with Crippen LogP contribution in [0.3, 0.4) is 0 Å². The maximum absolute atomic E-state index is 5.55. The summed E-state index contributed by atoms with van der Waals surface area (Å²) in [5.74, 6) is 1.07. The lowest BCUT2D eigenvalue weighted by Gasteiger charge is -2.07. The monoisotopic (exact) mass is 372 g/mol. The quantitative estimate of drug-likeness (QED) is 0.478. The highest BCUT2D eigenvalue weighted by Gasteiger charge is 2.26. The number of oxazole rings is 1. The molecule has 0 unspecified atom stereocenters. The summed E-state index contributed by atoms with van der Waals surface area (Å²) in [6.45, 7) is 0. The first kappa shape index (κ1) is 15.4. The minimum atomic E-state index is 0.518. The molecule has 5 aromatic rings. The maximum atomic E-state index is 5.55. The number of aromatic nitrogens is 6. The number of methoxy groups -OCH3 is 1. The second-order valence-electron chi connectivity index (χ2n) is 6.89. The van der Waals surface area contributed by atoms with E-state index in [1.54, 1.807) is 13.4 Å². The third kappa shape index (κ3) is 2.24. The summed E-state index contributed by atoms with van der Waals surface area (Å²) in [7, 11) is 1.61. The van der Waals surface area contributed by atoms with Crippen LogP contribution in [0.5, 0.6) is 5.88 Å². The molecule has 0 bridgehead atoms. The molecule has 6 rings (SSSR count). The van der Waals surface area contributed by atoms with Crippen molar-refractivity contribution in [3.8, 4) is 28.5 Å². The summed E-state index contributed by atoms with van der Waals surface area (Å²) in [5, 5.41) is 5.59. The van der Waals surface area contributed by atoms with Crippen molar-refractivity contribution in [3.63, 3.8) is 0 Å². The molecule has 0 saturated heterocycles. The van der Waals surface area contributed by atoms with Gasteiger partial charge in [-0.3, -0.25) is 9.08 Å². The third-order valence-electron chi connectivity index (χ3n) is 5.10. The van der Waals surface area contributed by atoms with Crippen LogP contribution in [-0.2, 0) is 0 Å². The Morgan fingerprint density at radius 1 is 1.14 bits per heavy atom. The molecule has 8 heteroatoms. The van der Waals surface area contributed by atoms with Crippen LogP contribution in [0.2, 0.25) is 0 Å². The molecule has 0 radical (unpaired) electrons. The summed E-state index contributed by atoms with van der Waals surface area (Å²) in [5.41, 5.74) is 4.32. The van der Waals surface area contributed by atoms with Crippen LogP contribution in [0.25, 0.3) is 39.4 Å². The Labute approximate surface area is 159 Å². The number of benzene rings is 1. The Balaban J connectivity index is 1.59. The summed E-state index contributed by atoms with van der Waals surface area (Å²) < 4.78 is 14.9. The fourth-order valence-electron chi connectivity index (χ4n) is 3.59. The molecule has 1 aromatic carbocycles. The van der Waals surface area contributed by atoms with Crippen molar-refractivity contribution < 1.29 is 9.15 Å². The number of nitrogens with zero attached hydrogens (tertiary/aromatic N) is 6. The third-order valence-corrected chi connectivity index (χ3v) is 5.10. The maximum Gasteiger partial charge on any atom is 0.306 e. The molecular formula is C20H16N6O2. The van der Waals surface area contributed by atoms with Crippen LogP contribution in [0.4, 0.5) is 0 Å². The van der Waals surface area contributed by atoms with Crippen molar-refractivity contribution in [1.82, 2.24) is 29.1 Å². The zero-order valence-corrected chi connectivity index (χ0v) is 15.1. The van der Waals surface area contributed by atoms with Gasteiger partial charge in [-0.15, -0.1) is 0 Å². The zero-order valence-electron chi connectivity index (χ0n) is 15.1. The molecule has 1 saturated carbocycles. The Kier molecular flexibility index (Phi) is 3.11. The summed E-state index contributed by atoms with van der Waals surface area (Å²) in [4.78, 5) is 13.2. The molecule has 1 aliphatic rings. The van der Waals surface area contributed by atoms with Gasteiger partial charge in [0, 0.05) is 18.0 Å². The lowest BCUT2D eigenvalue weighted by molar-refractivity contribution is 0.402. The highest BCUT2D eigenvalue weighted by Crippen LogP contribution is 2.37.